The smallest absolute Gasteiger partial charge is 0.129 e. The van der Waals surface area contributed by atoms with Crippen LogP contribution in [0.3, 0.4) is 0 Å². The molecular weight excluding hydrogens is 204 g/mol. The van der Waals surface area contributed by atoms with Crippen LogP contribution in [0.5, 0.6) is 11.5 Å². The summed E-state index contributed by atoms with van der Waals surface area (Å²) in [5.74, 6) is 1.33. The highest BCUT2D eigenvalue weighted by atomic mass is 16.5. The molecule has 0 saturated carbocycles. The van der Waals surface area contributed by atoms with E-state index in [-0.39, 0.29) is 6.10 Å². The zero-order valence-electron chi connectivity index (χ0n) is 9.93. The minimum absolute atomic E-state index is 0.107. The van der Waals surface area contributed by atoms with Crippen molar-refractivity contribution in [1.82, 2.24) is 0 Å². The van der Waals surface area contributed by atoms with E-state index >= 15 is 0 Å². The van der Waals surface area contributed by atoms with Gasteiger partial charge < -0.3 is 14.6 Å². The number of rotatable bonds is 5. The van der Waals surface area contributed by atoms with Crippen molar-refractivity contribution in [1.29, 1.82) is 0 Å². The Kier molecular flexibility index (Phi) is 4.38. The zero-order valence-corrected chi connectivity index (χ0v) is 9.93. The lowest BCUT2D eigenvalue weighted by Gasteiger charge is -2.17. The van der Waals surface area contributed by atoms with Gasteiger partial charge >= 0.3 is 0 Å². The highest BCUT2D eigenvalue weighted by Gasteiger charge is 2.12. The molecule has 0 aliphatic heterocycles. The third-order valence-electron chi connectivity index (χ3n) is 2.32. The zero-order chi connectivity index (χ0) is 12.1. The number of hydrogen-bond donors (Lipinski definition) is 1. The van der Waals surface area contributed by atoms with Crippen LogP contribution in [0.15, 0.2) is 30.9 Å². The van der Waals surface area contributed by atoms with Gasteiger partial charge in [-0.25, -0.2) is 0 Å². The molecule has 0 amide bonds. The highest BCUT2D eigenvalue weighted by Crippen LogP contribution is 2.30. The Hall–Kier alpha value is -1.48. The lowest BCUT2D eigenvalue weighted by atomic mass is 10.1. The van der Waals surface area contributed by atoms with Gasteiger partial charge in [-0.3, -0.25) is 0 Å². The minimum atomic E-state index is -0.571. The Morgan fingerprint density at radius 2 is 2.06 bits per heavy atom. The van der Waals surface area contributed by atoms with Gasteiger partial charge in [0.1, 0.15) is 17.6 Å². The molecule has 0 aliphatic rings. The maximum atomic E-state index is 9.61. The molecule has 0 aliphatic carbocycles. The molecule has 0 aromatic heterocycles. The van der Waals surface area contributed by atoms with Crippen molar-refractivity contribution >= 4 is 0 Å². The summed E-state index contributed by atoms with van der Waals surface area (Å²) in [5, 5.41) is 9.61. The van der Waals surface area contributed by atoms with Gasteiger partial charge in [-0.2, -0.15) is 0 Å². The van der Waals surface area contributed by atoms with Gasteiger partial charge in [-0.1, -0.05) is 12.7 Å². The van der Waals surface area contributed by atoms with Gasteiger partial charge in [0.25, 0.3) is 0 Å². The minimum Gasteiger partial charge on any atom is -0.497 e. The number of aliphatic hydroxyl groups is 1. The first-order valence-electron chi connectivity index (χ1n) is 5.23. The largest absolute Gasteiger partial charge is 0.497 e. The lowest BCUT2D eigenvalue weighted by molar-refractivity contribution is 0.186. The van der Waals surface area contributed by atoms with Crippen molar-refractivity contribution < 1.29 is 14.6 Å². The van der Waals surface area contributed by atoms with Crippen LogP contribution in [0.4, 0.5) is 0 Å². The summed E-state index contributed by atoms with van der Waals surface area (Å²) in [4.78, 5) is 0. The van der Waals surface area contributed by atoms with Crippen LogP contribution in [0.1, 0.15) is 25.5 Å². The van der Waals surface area contributed by atoms with Crippen LogP contribution in [0, 0.1) is 0 Å². The van der Waals surface area contributed by atoms with E-state index in [0.29, 0.717) is 11.5 Å². The molecule has 0 saturated heterocycles. The third kappa shape index (κ3) is 3.00. The van der Waals surface area contributed by atoms with E-state index in [1.807, 2.05) is 6.92 Å². The molecule has 88 valence electrons. The highest BCUT2D eigenvalue weighted by molar-refractivity contribution is 5.42. The summed E-state index contributed by atoms with van der Waals surface area (Å²) < 4.78 is 10.8. The standard InChI is InChI=1S/C13H18O3/c1-5-9(2)16-13-8-11(15-4)6-7-12(13)10(3)14/h5-10,14H,1H2,2-4H3. The molecule has 1 aromatic carbocycles. The second-order valence-corrected chi connectivity index (χ2v) is 3.64. The molecule has 3 nitrogen and oxygen atoms in total. The molecular formula is C13H18O3. The molecule has 1 N–H and O–H groups in total. The predicted molar refractivity (Wildman–Crippen MR) is 63.9 cm³/mol. The van der Waals surface area contributed by atoms with Crippen LogP contribution in [0.25, 0.3) is 0 Å². The molecule has 0 fully saturated rings. The van der Waals surface area contributed by atoms with E-state index in [2.05, 4.69) is 6.58 Å². The van der Waals surface area contributed by atoms with Crippen molar-refractivity contribution in [3.8, 4) is 11.5 Å². The van der Waals surface area contributed by atoms with E-state index < -0.39 is 6.10 Å². The second-order valence-electron chi connectivity index (χ2n) is 3.64. The predicted octanol–water partition coefficient (Wildman–Crippen LogP) is 2.70. The second kappa shape index (κ2) is 5.56. The van der Waals surface area contributed by atoms with E-state index in [9.17, 15) is 5.11 Å². The molecule has 0 radical (unpaired) electrons. The molecule has 3 heteroatoms. The number of benzene rings is 1. The Bertz CT molecular complexity index is 358. The van der Waals surface area contributed by atoms with Gasteiger partial charge in [0, 0.05) is 11.6 Å². The Labute approximate surface area is 96.3 Å². The fraction of sp³-hybridized carbons (Fsp3) is 0.385. The fourth-order valence-corrected chi connectivity index (χ4v) is 1.34. The van der Waals surface area contributed by atoms with Crippen molar-refractivity contribution in [3.63, 3.8) is 0 Å². The first kappa shape index (κ1) is 12.6. The lowest BCUT2D eigenvalue weighted by Crippen LogP contribution is -2.10. The molecule has 2 atom stereocenters. The number of ether oxygens (including phenoxy) is 2. The monoisotopic (exact) mass is 222 g/mol. The van der Waals surface area contributed by atoms with Crippen LogP contribution in [0.2, 0.25) is 0 Å². The summed E-state index contributed by atoms with van der Waals surface area (Å²) in [7, 11) is 1.60. The van der Waals surface area contributed by atoms with Crippen molar-refractivity contribution in [2.45, 2.75) is 26.1 Å². The van der Waals surface area contributed by atoms with E-state index in [1.165, 1.54) is 0 Å². The summed E-state index contributed by atoms with van der Waals surface area (Å²) in [6, 6.07) is 5.37. The topological polar surface area (TPSA) is 38.7 Å². The molecule has 0 spiro atoms. The van der Waals surface area contributed by atoms with Gasteiger partial charge in [0.15, 0.2) is 0 Å². The fourth-order valence-electron chi connectivity index (χ4n) is 1.34. The number of aliphatic hydroxyl groups excluding tert-OH is 1. The van der Waals surface area contributed by atoms with Crippen LogP contribution in [-0.4, -0.2) is 18.3 Å². The molecule has 2 unspecified atom stereocenters. The quantitative estimate of drug-likeness (QED) is 0.778. The normalized spacial score (nSPS) is 14.0. The van der Waals surface area contributed by atoms with Crippen molar-refractivity contribution in [3.05, 3.63) is 36.4 Å². The van der Waals surface area contributed by atoms with E-state index in [4.69, 9.17) is 9.47 Å². The van der Waals surface area contributed by atoms with Gasteiger partial charge in [0.2, 0.25) is 0 Å². The summed E-state index contributed by atoms with van der Waals surface area (Å²) in [5.41, 5.74) is 0.745. The number of hydrogen-bond acceptors (Lipinski definition) is 3. The first-order chi connectivity index (χ1) is 7.58. The average molecular weight is 222 g/mol. The summed E-state index contributed by atoms with van der Waals surface area (Å²) in [6.07, 6.45) is 1.02. The van der Waals surface area contributed by atoms with E-state index in [0.717, 1.165) is 5.56 Å². The SMILES string of the molecule is C=CC(C)Oc1cc(OC)ccc1C(C)O. The maximum absolute atomic E-state index is 9.61. The van der Waals surface area contributed by atoms with Crippen molar-refractivity contribution in [2.75, 3.05) is 7.11 Å². The molecule has 0 heterocycles. The molecule has 16 heavy (non-hydrogen) atoms. The maximum Gasteiger partial charge on any atom is 0.129 e. The van der Waals surface area contributed by atoms with Gasteiger partial charge in [-0.05, 0) is 26.0 Å². The van der Waals surface area contributed by atoms with Crippen LogP contribution >= 0.6 is 0 Å². The van der Waals surface area contributed by atoms with Gasteiger partial charge in [0.05, 0.1) is 13.2 Å². The number of methoxy groups -OCH3 is 1. The average Bonchev–Trinajstić information content (AvgIpc) is 2.28. The molecule has 1 aromatic rings. The van der Waals surface area contributed by atoms with E-state index in [1.54, 1.807) is 38.3 Å². The Morgan fingerprint density at radius 3 is 2.56 bits per heavy atom. The van der Waals surface area contributed by atoms with Crippen LogP contribution in [-0.2, 0) is 0 Å². The molecule has 0 bridgehead atoms. The summed E-state index contributed by atoms with van der Waals surface area (Å²) >= 11 is 0. The molecule has 1 rings (SSSR count). The third-order valence-corrected chi connectivity index (χ3v) is 2.32. The Morgan fingerprint density at radius 1 is 1.38 bits per heavy atom. The van der Waals surface area contributed by atoms with Gasteiger partial charge in [-0.15, -0.1) is 0 Å². The Balaban J connectivity index is 3.04. The van der Waals surface area contributed by atoms with Crippen LogP contribution < -0.4 is 9.47 Å². The van der Waals surface area contributed by atoms with Crippen molar-refractivity contribution in [2.24, 2.45) is 0 Å². The summed E-state index contributed by atoms with van der Waals surface area (Å²) in [6.45, 7) is 7.24. The first-order valence-corrected chi connectivity index (χ1v) is 5.23.